The topological polar surface area (TPSA) is 70.7 Å². The lowest BCUT2D eigenvalue weighted by Crippen LogP contribution is -2.56. The Balaban J connectivity index is 1.84. The van der Waals surface area contributed by atoms with E-state index in [-0.39, 0.29) is 26.3 Å². The second kappa shape index (κ2) is 8.11. The Morgan fingerprint density at radius 1 is 1.25 bits per heavy atom. The summed E-state index contributed by atoms with van der Waals surface area (Å²) in [6.07, 6.45) is -4.40. The maximum atomic E-state index is 12.6. The molecule has 24 heavy (non-hydrogen) atoms. The van der Waals surface area contributed by atoms with Crippen molar-refractivity contribution in [3.63, 3.8) is 0 Å². The standard InChI is InChI=1S/C15H18F3N3O3/c16-15(17,18)10-21-6-7-24-9-12(21)14(23)19-8-13(22)20-11-4-2-1-3-5-11/h1-5,12H,6-10H2,(H,19,23)(H,20,22)/t12-/m0/s1. The lowest BCUT2D eigenvalue weighted by atomic mass is 10.2. The van der Waals surface area contributed by atoms with Crippen molar-refractivity contribution in [1.29, 1.82) is 0 Å². The summed E-state index contributed by atoms with van der Waals surface area (Å²) in [6.45, 7) is -1.51. The molecule has 1 atom stereocenters. The smallest absolute Gasteiger partial charge is 0.378 e. The number of ether oxygens (including phenoxy) is 1. The molecule has 0 aliphatic carbocycles. The highest BCUT2D eigenvalue weighted by molar-refractivity contribution is 5.95. The zero-order chi connectivity index (χ0) is 17.6. The summed E-state index contributed by atoms with van der Waals surface area (Å²) in [5.41, 5.74) is 0.566. The van der Waals surface area contributed by atoms with Crippen LogP contribution in [0.4, 0.5) is 18.9 Å². The highest BCUT2D eigenvalue weighted by atomic mass is 19.4. The molecule has 132 valence electrons. The Kier molecular flexibility index (Phi) is 6.16. The molecule has 2 N–H and O–H groups in total. The molecule has 0 spiro atoms. The Labute approximate surface area is 137 Å². The number of benzene rings is 1. The van der Waals surface area contributed by atoms with Crippen LogP contribution in [0.1, 0.15) is 0 Å². The first-order chi connectivity index (χ1) is 11.3. The molecule has 0 radical (unpaired) electrons. The van der Waals surface area contributed by atoms with E-state index in [1.807, 2.05) is 0 Å². The number of morpholine rings is 1. The third kappa shape index (κ3) is 5.82. The number of carbonyl (C=O) groups excluding carboxylic acids is 2. The number of nitrogens with one attached hydrogen (secondary N) is 2. The van der Waals surface area contributed by atoms with Crippen LogP contribution in [0.2, 0.25) is 0 Å². The van der Waals surface area contributed by atoms with Gasteiger partial charge in [-0.3, -0.25) is 14.5 Å². The van der Waals surface area contributed by atoms with E-state index < -0.39 is 30.6 Å². The van der Waals surface area contributed by atoms with E-state index in [1.54, 1.807) is 30.3 Å². The first-order valence-corrected chi connectivity index (χ1v) is 7.36. The zero-order valence-corrected chi connectivity index (χ0v) is 12.8. The molecule has 2 amide bonds. The van der Waals surface area contributed by atoms with Gasteiger partial charge in [-0.1, -0.05) is 18.2 Å². The molecule has 2 rings (SSSR count). The molecule has 1 saturated heterocycles. The fourth-order valence-corrected chi connectivity index (χ4v) is 2.31. The van der Waals surface area contributed by atoms with Crippen LogP contribution in [0.15, 0.2) is 30.3 Å². The van der Waals surface area contributed by atoms with Crippen LogP contribution in [-0.2, 0) is 14.3 Å². The van der Waals surface area contributed by atoms with Crippen molar-refractivity contribution in [2.45, 2.75) is 12.2 Å². The van der Waals surface area contributed by atoms with Crippen molar-refractivity contribution in [1.82, 2.24) is 10.2 Å². The van der Waals surface area contributed by atoms with Crippen LogP contribution in [0.5, 0.6) is 0 Å². The van der Waals surface area contributed by atoms with E-state index in [4.69, 9.17) is 4.74 Å². The molecule has 1 aliphatic rings. The van der Waals surface area contributed by atoms with Crippen molar-refractivity contribution >= 4 is 17.5 Å². The summed E-state index contributed by atoms with van der Waals surface area (Å²) in [7, 11) is 0. The second-order valence-electron chi connectivity index (χ2n) is 5.31. The number of hydrogen-bond donors (Lipinski definition) is 2. The van der Waals surface area contributed by atoms with Crippen LogP contribution in [0, 0.1) is 0 Å². The number of alkyl halides is 3. The molecule has 0 bridgehead atoms. The molecule has 1 aromatic carbocycles. The first kappa shape index (κ1) is 18.2. The monoisotopic (exact) mass is 345 g/mol. The third-order valence-corrected chi connectivity index (χ3v) is 3.41. The summed E-state index contributed by atoms with van der Waals surface area (Å²) >= 11 is 0. The van der Waals surface area contributed by atoms with Crippen molar-refractivity contribution in [3.05, 3.63) is 30.3 Å². The Hall–Kier alpha value is -2.13. The van der Waals surface area contributed by atoms with Gasteiger partial charge in [0.15, 0.2) is 0 Å². The minimum Gasteiger partial charge on any atom is -0.378 e. The van der Waals surface area contributed by atoms with E-state index in [0.29, 0.717) is 5.69 Å². The van der Waals surface area contributed by atoms with Gasteiger partial charge in [-0.25, -0.2) is 0 Å². The van der Waals surface area contributed by atoms with E-state index in [9.17, 15) is 22.8 Å². The predicted molar refractivity (Wildman–Crippen MR) is 80.3 cm³/mol. The number of amides is 2. The van der Waals surface area contributed by atoms with Crippen LogP contribution in [-0.4, -0.2) is 61.8 Å². The Bertz CT molecular complexity index is 566. The fraction of sp³-hybridized carbons (Fsp3) is 0.467. The molecule has 0 aromatic heterocycles. The van der Waals surface area contributed by atoms with Crippen LogP contribution in [0.3, 0.4) is 0 Å². The number of carbonyl (C=O) groups is 2. The molecule has 1 aliphatic heterocycles. The Morgan fingerprint density at radius 2 is 1.96 bits per heavy atom. The first-order valence-electron chi connectivity index (χ1n) is 7.36. The molecule has 1 heterocycles. The average Bonchev–Trinajstić information content (AvgIpc) is 2.52. The van der Waals surface area contributed by atoms with Gasteiger partial charge in [0.1, 0.15) is 6.04 Å². The minimum absolute atomic E-state index is 0.00775. The lowest BCUT2D eigenvalue weighted by Gasteiger charge is -2.34. The Morgan fingerprint density at radius 3 is 2.62 bits per heavy atom. The van der Waals surface area contributed by atoms with E-state index in [1.165, 1.54) is 0 Å². The van der Waals surface area contributed by atoms with Gasteiger partial charge in [0.2, 0.25) is 11.8 Å². The molecule has 1 aromatic rings. The van der Waals surface area contributed by atoms with Crippen LogP contribution >= 0.6 is 0 Å². The van der Waals surface area contributed by atoms with Gasteiger partial charge < -0.3 is 15.4 Å². The van der Waals surface area contributed by atoms with Gasteiger partial charge >= 0.3 is 6.18 Å². The van der Waals surface area contributed by atoms with Gasteiger partial charge in [0.05, 0.1) is 26.3 Å². The highest BCUT2D eigenvalue weighted by Crippen LogP contribution is 2.19. The molecule has 6 nitrogen and oxygen atoms in total. The van der Waals surface area contributed by atoms with Crippen LogP contribution < -0.4 is 10.6 Å². The largest absolute Gasteiger partial charge is 0.401 e. The third-order valence-electron chi connectivity index (χ3n) is 3.41. The number of para-hydroxylation sites is 1. The normalized spacial score (nSPS) is 18.9. The zero-order valence-electron chi connectivity index (χ0n) is 12.8. The van der Waals surface area contributed by atoms with Crippen molar-refractivity contribution in [2.75, 3.05) is 38.2 Å². The molecule has 1 fully saturated rings. The van der Waals surface area contributed by atoms with E-state index in [2.05, 4.69) is 10.6 Å². The summed E-state index contributed by atoms with van der Waals surface area (Å²) in [5, 5.41) is 4.92. The summed E-state index contributed by atoms with van der Waals surface area (Å²) < 4.78 is 42.7. The van der Waals surface area contributed by atoms with Gasteiger partial charge in [-0.05, 0) is 12.1 Å². The number of anilines is 1. The van der Waals surface area contributed by atoms with Crippen molar-refractivity contribution in [3.8, 4) is 0 Å². The number of halogens is 3. The molecular formula is C15H18F3N3O3. The molecule has 0 saturated carbocycles. The van der Waals surface area contributed by atoms with Gasteiger partial charge in [0, 0.05) is 12.2 Å². The maximum absolute atomic E-state index is 12.6. The van der Waals surface area contributed by atoms with Gasteiger partial charge in [-0.15, -0.1) is 0 Å². The number of nitrogens with zero attached hydrogens (tertiary/aromatic N) is 1. The van der Waals surface area contributed by atoms with Gasteiger partial charge in [-0.2, -0.15) is 13.2 Å². The van der Waals surface area contributed by atoms with E-state index >= 15 is 0 Å². The molecule has 9 heteroatoms. The minimum atomic E-state index is -4.40. The fourth-order valence-electron chi connectivity index (χ4n) is 2.31. The van der Waals surface area contributed by atoms with Gasteiger partial charge in [0.25, 0.3) is 0 Å². The molecule has 0 unspecified atom stereocenters. The number of hydrogen-bond acceptors (Lipinski definition) is 4. The summed E-state index contributed by atoms with van der Waals surface area (Å²) in [4.78, 5) is 24.8. The predicted octanol–water partition coefficient (Wildman–Crippen LogP) is 1.00. The quantitative estimate of drug-likeness (QED) is 0.835. The van der Waals surface area contributed by atoms with E-state index in [0.717, 1.165) is 4.90 Å². The number of rotatable bonds is 5. The average molecular weight is 345 g/mol. The molecular weight excluding hydrogens is 327 g/mol. The maximum Gasteiger partial charge on any atom is 0.401 e. The SMILES string of the molecule is O=C(CNC(=O)[C@@H]1COCCN1CC(F)(F)F)Nc1ccccc1. The van der Waals surface area contributed by atoms with Crippen molar-refractivity contribution < 1.29 is 27.5 Å². The second-order valence-corrected chi connectivity index (χ2v) is 5.31. The lowest BCUT2D eigenvalue weighted by molar-refractivity contribution is -0.167. The van der Waals surface area contributed by atoms with Crippen molar-refractivity contribution in [2.24, 2.45) is 0 Å². The summed E-state index contributed by atoms with van der Waals surface area (Å²) in [5.74, 6) is -1.13. The highest BCUT2D eigenvalue weighted by Gasteiger charge is 2.38. The summed E-state index contributed by atoms with van der Waals surface area (Å²) in [6, 6.07) is 7.56. The van der Waals surface area contributed by atoms with Crippen LogP contribution in [0.25, 0.3) is 0 Å².